The highest BCUT2D eigenvalue weighted by molar-refractivity contribution is 7.90. The summed E-state index contributed by atoms with van der Waals surface area (Å²) in [6.45, 7) is 9.38. The molecule has 0 spiro atoms. The van der Waals surface area contributed by atoms with Gasteiger partial charge in [-0.1, -0.05) is 37.0 Å². The average Bonchev–Trinajstić information content (AvgIpc) is 4.04. The summed E-state index contributed by atoms with van der Waals surface area (Å²) in [5.74, 6) is -1.53. The number of alkyl halides is 2. The van der Waals surface area contributed by atoms with Gasteiger partial charge in [-0.3, -0.25) is 29.4 Å². The number of fused-ring (bicyclic) bond motifs is 1. The zero-order valence-electron chi connectivity index (χ0n) is 31.9. The van der Waals surface area contributed by atoms with Gasteiger partial charge in [-0.15, -0.1) is 0 Å². The predicted octanol–water partition coefficient (Wildman–Crippen LogP) is 5.10. The molecule has 0 unspecified atom stereocenters. The Morgan fingerprint density at radius 2 is 1.22 bits per heavy atom. The van der Waals surface area contributed by atoms with Gasteiger partial charge in [0.1, 0.15) is 29.4 Å². The smallest absolute Gasteiger partial charge is 0.347 e. The highest BCUT2D eigenvalue weighted by Gasteiger charge is 2.47. The van der Waals surface area contributed by atoms with E-state index in [0.717, 1.165) is 104 Å². The van der Waals surface area contributed by atoms with Crippen molar-refractivity contribution in [3.8, 4) is 17.2 Å². The van der Waals surface area contributed by atoms with Gasteiger partial charge >= 0.3 is 5.97 Å². The summed E-state index contributed by atoms with van der Waals surface area (Å²) in [5, 5.41) is -1.92. The number of aromatic nitrogens is 1. The Kier molecular flexibility index (Phi) is 12.1. The van der Waals surface area contributed by atoms with Crippen LogP contribution in [0.2, 0.25) is 0 Å². The maximum absolute atomic E-state index is 14.3. The number of benzene rings is 1. The maximum atomic E-state index is 14.3. The van der Waals surface area contributed by atoms with Crippen LogP contribution in [0.3, 0.4) is 0 Å². The number of carbonyl (C=O) groups is 2. The van der Waals surface area contributed by atoms with Crippen LogP contribution in [-0.2, 0) is 14.8 Å². The summed E-state index contributed by atoms with van der Waals surface area (Å²) >= 11 is 14.9. The van der Waals surface area contributed by atoms with Crippen LogP contribution >= 0.6 is 23.2 Å². The summed E-state index contributed by atoms with van der Waals surface area (Å²) in [7, 11) is -2.96. The van der Waals surface area contributed by atoms with Crippen molar-refractivity contribution in [3.05, 3.63) is 41.2 Å². The number of hydrogen-bond donors (Lipinski definition) is 0. The number of sulfonamides is 1. The van der Waals surface area contributed by atoms with E-state index in [2.05, 4.69) is 24.6 Å². The second-order valence-electron chi connectivity index (χ2n) is 15.3. The van der Waals surface area contributed by atoms with E-state index in [9.17, 15) is 18.0 Å². The zero-order chi connectivity index (χ0) is 39.0. The summed E-state index contributed by atoms with van der Waals surface area (Å²) in [5.41, 5.74) is 0.441. The number of rotatable bonds is 15. The Balaban J connectivity index is 1.19. The molecule has 1 aromatic heterocycles. The van der Waals surface area contributed by atoms with Crippen molar-refractivity contribution in [1.82, 2.24) is 28.9 Å². The normalized spacial score (nSPS) is 21.2. The molecule has 14 nitrogen and oxygen atoms in total. The van der Waals surface area contributed by atoms with Gasteiger partial charge in [0.05, 0.1) is 25.1 Å². The Hall–Kier alpha value is -2.92. The van der Waals surface area contributed by atoms with Crippen molar-refractivity contribution in [2.45, 2.75) is 86.3 Å². The third-order valence-corrected chi connectivity index (χ3v) is 14.5. The molecule has 0 N–H and O–H groups in total. The van der Waals surface area contributed by atoms with Crippen LogP contribution in [0.4, 0.5) is 0 Å². The van der Waals surface area contributed by atoms with Crippen LogP contribution in [0.15, 0.2) is 29.4 Å². The van der Waals surface area contributed by atoms with Gasteiger partial charge in [0.15, 0.2) is 28.5 Å². The number of hydrogen-bond acceptors (Lipinski definition) is 13. The number of pyridine rings is 1. The quantitative estimate of drug-likeness (QED) is 0.134. The molecule has 17 heteroatoms. The van der Waals surface area contributed by atoms with Crippen LogP contribution in [0.1, 0.15) is 97.4 Å². The second kappa shape index (κ2) is 16.5. The van der Waals surface area contributed by atoms with E-state index in [0.29, 0.717) is 15.6 Å². The van der Waals surface area contributed by atoms with E-state index >= 15 is 0 Å². The average molecular weight is 824 g/mol. The molecule has 1 amide bonds. The summed E-state index contributed by atoms with van der Waals surface area (Å²) < 4.78 is 52.1. The highest BCUT2D eigenvalue weighted by Crippen LogP contribution is 2.40. The molecule has 7 rings (SSSR count). The van der Waals surface area contributed by atoms with Crippen molar-refractivity contribution in [1.29, 1.82) is 0 Å². The molecule has 0 bridgehead atoms. The monoisotopic (exact) mass is 822 g/mol. The van der Waals surface area contributed by atoms with Crippen LogP contribution in [-0.4, -0.2) is 139 Å². The first-order valence-electron chi connectivity index (χ1n) is 19.5. The second-order valence-corrected chi connectivity index (χ2v) is 18.3. The topological polar surface area (TPSA) is 134 Å². The molecule has 302 valence electrons. The van der Waals surface area contributed by atoms with Gasteiger partial charge in [0.25, 0.3) is 15.9 Å². The van der Waals surface area contributed by atoms with E-state index in [1.165, 1.54) is 25.6 Å². The zero-order valence-corrected chi connectivity index (χ0v) is 34.3. The van der Waals surface area contributed by atoms with E-state index in [4.69, 9.17) is 42.1 Å². The number of ether oxygens (including phenoxy) is 4. The largest absolute Gasteiger partial charge is 0.497 e. The van der Waals surface area contributed by atoms with Gasteiger partial charge in [0, 0.05) is 58.4 Å². The maximum Gasteiger partial charge on any atom is 0.347 e. The fraction of sp³-hybridized carbons (Fsp3) is 0.658. The van der Waals surface area contributed by atoms with Gasteiger partial charge < -0.3 is 18.9 Å². The Bertz CT molecular complexity index is 1750. The van der Waals surface area contributed by atoms with E-state index in [-0.39, 0.29) is 46.7 Å². The number of halogens is 2. The fourth-order valence-corrected chi connectivity index (χ4v) is 10.7. The number of amides is 1. The molecule has 0 atom stereocenters. The van der Waals surface area contributed by atoms with Gasteiger partial charge in [-0.25, -0.2) is 13.2 Å². The number of likely N-dealkylation sites (tertiary alicyclic amines) is 4. The number of methoxy groups -OCH3 is 1. The molecular weight excluding hydrogens is 771 g/mol. The Morgan fingerprint density at radius 1 is 0.782 bits per heavy atom. The Morgan fingerprint density at radius 3 is 1.62 bits per heavy atom. The van der Waals surface area contributed by atoms with E-state index in [1.807, 2.05) is 13.8 Å². The van der Waals surface area contributed by atoms with E-state index < -0.39 is 38.9 Å². The molecule has 4 fully saturated rings. The lowest BCUT2D eigenvalue weighted by Crippen LogP contribution is -2.58. The predicted molar refractivity (Wildman–Crippen MR) is 206 cm³/mol. The van der Waals surface area contributed by atoms with Crippen LogP contribution < -0.4 is 14.2 Å². The van der Waals surface area contributed by atoms with Crippen LogP contribution in [0, 0.1) is 0 Å². The standard InChI is InChI=1S/C38H52Cl2N6O8S/c1-27(2)29-20-28(51-3)21-32-33(29)35(47)46(55(32,49)50)26-54-36(48)34-30(52-24-37(39,42-12-4-5-13-42)43-14-6-7-15-43)22-41-23-31(34)53-25-38(40,44-16-8-9-17-44)45-18-10-11-19-45/h20-23,27H,4-19,24-26H2,1-3H3. The lowest BCUT2D eigenvalue weighted by atomic mass is 9.96. The first-order valence-corrected chi connectivity index (χ1v) is 21.7. The molecule has 1 aromatic carbocycles. The number of carbonyl (C=O) groups excluding carboxylic acids is 2. The van der Waals surface area contributed by atoms with Crippen molar-refractivity contribution in [3.63, 3.8) is 0 Å². The minimum Gasteiger partial charge on any atom is -0.497 e. The third kappa shape index (κ3) is 7.74. The molecule has 2 aromatic rings. The number of esters is 1. The van der Waals surface area contributed by atoms with Crippen molar-refractivity contribution < 1.29 is 37.0 Å². The van der Waals surface area contributed by atoms with Crippen molar-refractivity contribution in [2.75, 3.05) is 79.4 Å². The van der Waals surface area contributed by atoms with Gasteiger partial charge in [-0.2, -0.15) is 4.31 Å². The molecule has 0 radical (unpaired) electrons. The van der Waals surface area contributed by atoms with Crippen molar-refractivity contribution in [2.24, 2.45) is 0 Å². The number of nitrogens with zero attached hydrogens (tertiary/aromatic N) is 6. The highest BCUT2D eigenvalue weighted by atomic mass is 35.5. The minimum absolute atomic E-state index is 0.00901. The first kappa shape index (κ1) is 40.3. The van der Waals surface area contributed by atoms with Gasteiger partial charge in [0.2, 0.25) is 0 Å². The molecule has 0 saturated carbocycles. The fourth-order valence-electron chi connectivity index (χ4n) is 8.47. The molecule has 4 saturated heterocycles. The van der Waals surface area contributed by atoms with Crippen LogP contribution in [0.5, 0.6) is 17.2 Å². The van der Waals surface area contributed by atoms with Crippen LogP contribution in [0.25, 0.3) is 0 Å². The minimum atomic E-state index is -4.38. The SMILES string of the molecule is COc1cc(C(C)C)c2c(c1)S(=O)(=O)N(COC(=O)c1c(OCC(Cl)(N3CCCC3)N3CCCC3)cncc1OCC(Cl)(N1CCCC1)N1CCCC1)C2=O. The lowest BCUT2D eigenvalue weighted by Gasteiger charge is -2.43. The summed E-state index contributed by atoms with van der Waals surface area (Å²) in [6.07, 6.45) is 11.0. The third-order valence-electron chi connectivity index (χ3n) is 11.6. The molecule has 0 aliphatic carbocycles. The summed E-state index contributed by atoms with van der Waals surface area (Å²) in [4.78, 5) is 41.1. The first-order chi connectivity index (χ1) is 26.4. The van der Waals surface area contributed by atoms with Gasteiger partial charge in [-0.05, 0) is 68.9 Å². The molecular formula is C38H52Cl2N6O8S. The lowest BCUT2D eigenvalue weighted by molar-refractivity contribution is -0.00186. The Labute approximate surface area is 333 Å². The molecule has 55 heavy (non-hydrogen) atoms. The summed E-state index contributed by atoms with van der Waals surface area (Å²) in [6, 6.07) is 2.97. The molecule has 6 heterocycles. The molecule has 5 aliphatic rings. The molecule has 5 aliphatic heterocycles. The van der Waals surface area contributed by atoms with E-state index in [1.54, 1.807) is 6.07 Å². The van der Waals surface area contributed by atoms with Crippen molar-refractivity contribution >= 4 is 45.1 Å².